The third-order valence-electron chi connectivity index (χ3n) is 5.80. The summed E-state index contributed by atoms with van der Waals surface area (Å²) in [5.74, 6) is -1.19. The summed E-state index contributed by atoms with van der Waals surface area (Å²) in [5.41, 5.74) is 2.09. The summed E-state index contributed by atoms with van der Waals surface area (Å²) in [6, 6.07) is 13.3. The van der Waals surface area contributed by atoms with Crippen molar-refractivity contribution in [3.63, 3.8) is 0 Å². The fourth-order valence-electron chi connectivity index (χ4n) is 4.08. The number of esters is 1. The first-order valence-corrected chi connectivity index (χ1v) is 11.5. The Morgan fingerprint density at radius 3 is 2.56 bits per heavy atom. The number of anilines is 1. The Kier molecular flexibility index (Phi) is 9.16. The van der Waals surface area contributed by atoms with E-state index >= 15 is 0 Å². The van der Waals surface area contributed by atoms with Crippen LogP contribution in [0.1, 0.15) is 30.9 Å². The number of carbonyl (C=O) groups excluding carboxylic acids is 3. The standard InChI is InChI=1S/C26H31FN2O5/c1-3-34-26(32)21-7-5-13-28(17-21)24(30)15-19-9-11-23(12-10-19)29(25(31)18-33-2)16-20-6-4-8-22(27)14-20/h4,6,8-12,14,21H,3,5,7,13,15-18H2,1-2H3. The number of benzene rings is 2. The van der Waals surface area contributed by atoms with Gasteiger partial charge in [-0.1, -0.05) is 24.3 Å². The zero-order chi connectivity index (χ0) is 24.5. The van der Waals surface area contributed by atoms with Gasteiger partial charge in [-0.15, -0.1) is 0 Å². The van der Waals surface area contributed by atoms with Crippen molar-refractivity contribution in [2.45, 2.75) is 32.7 Å². The second-order valence-electron chi connectivity index (χ2n) is 8.32. The highest BCUT2D eigenvalue weighted by atomic mass is 19.1. The van der Waals surface area contributed by atoms with Crippen LogP contribution in [-0.2, 0) is 36.8 Å². The lowest BCUT2D eigenvalue weighted by Gasteiger charge is -2.31. The number of nitrogens with zero attached hydrogens (tertiary/aromatic N) is 2. The van der Waals surface area contributed by atoms with Crippen molar-refractivity contribution >= 4 is 23.5 Å². The van der Waals surface area contributed by atoms with Crippen LogP contribution in [0, 0.1) is 11.7 Å². The quantitative estimate of drug-likeness (QED) is 0.526. The molecule has 7 nitrogen and oxygen atoms in total. The molecule has 1 saturated heterocycles. The zero-order valence-electron chi connectivity index (χ0n) is 19.7. The third kappa shape index (κ3) is 6.87. The predicted molar refractivity (Wildman–Crippen MR) is 126 cm³/mol. The van der Waals surface area contributed by atoms with Gasteiger partial charge >= 0.3 is 5.97 Å². The molecule has 3 rings (SSSR count). The van der Waals surface area contributed by atoms with Gasteiger partial charge in [0.15, 0.2) is 0 Å². The van der Waals surface area contributed by atoms with Crippen LogP contribution in [0.4, 0.5) is 10.1 Å². The number of hydrogen-bond donors (Lipinski definition) is 0. The first-order chi connectivity index (χ1) is 16.4. The molecule has 1 aliphatic heterocycles. The van der Waals surface area contributed by atoms with Crippen molar-refractivity contribution in [1.29, 1.82) is 0 Å². The van der Waals surface area contributed by atoms with Gasteiger partial charge < -0.3 is 19.3 Å². The van der Waals surface area contributed by atoms with Crippen LogP contribution in [0.15, 0.2) is 48.5 Å². The molecule has 0 aromatic heterocycles. The van der Waals surface area contributed by atoms with E-state index in [9.17, 15) is 18.8 Å². The number of likely N-dealkylation sites (tertiary alicyclic amines) is 1. The van der Waals surface area contributed by atoms with Crippen LogP contribution in [0.25, 0.3) is 0 Å². The van der Waals surface area contributed by atoms with E-state index in [2.05, 4.69) is 0 Å². The highest BCUT2D eigenvalue weighted by molar-refractivity contribution is 5.94. The molecule has 2 aromatic rings. The van der Waals surface area contributed by atoms with Crippen molar-refractivity contribution < 1.29 is 28.2 Å². The fraction of sp³-hybridized carbons (Fsp3) is 0.423. The minimum absolute atomic E-state index is 0.0474. The number of carbonyl (C=O) groups is 3. The van der Waals surface area contributed by atoms with E-state index < -0.39 is 0 Å². The summed E-state index contributed by atoms with van der Waals surface area (Å²) in [6.45, 7) is 3.20. The van der Waals surface area contributed by atoms with Crippen LogP contribution < -0.4 is 4.90 Å². The average Bonchev–Trinajstić information content (AvgIpc) is 2.83. The number of amides is 2. The third-order valence-corrected chi connectivity index (χ3v) is 5.80. The first-order valence-electron chi connectivity index (χ1n) is 11.5. The summed E-state index contributed by atoms with van der Waals surface area (Å²) in [7, 11) is 1.44. The van der Waals surface area contributed by atoms with Crippen molar-refractivity contribution in [3.05, 3.63) is 65.5 Å². The SMILES string of the molecule is CCOC(=O)C1CCCN(C(=O)Cc2ccc(N(Cc3cccc(F)c3)C(=O)COC)cc2)C1. The molecule has 1 atom stereocenters. The van der Waals surface area contributed by atoms with Gasteiger partial charge in [0.05, 0.1) is 25.5 Å². The van der Waals surface area contributed by atoms with E-state index in [4.69, 9.17) is 9.47 Å². The summed E-state index contributed by atoms with van der Waals surface area (Å²) in [4.78, 5) is 40.8. The molecule has 1 heterocycles. The first kappa shape index (κ1) is 25.4. The number of halogens is 1. The summed E-state index contributed by atoms with van der Waals surface area (Å²) >= 11 is 0. The Balaban J connectivity index is 1.67. The van der Waals surface area contributed by atoms with Gasteiger partial charge in [0, 0.05) is 25.9 Å². The van der Waals surface area contributed by atoms with Gasteiger partial charge in [-0.05, 0) is 55.2 Å². The maximum Gasteiger partial charge on any atom is 0.310 e. The minimum Gasteiger partial charge on any atom is -0.466 e. The molecule has 0 aliphatic carbocycles. The summed E-state index contributed by atoms with van der Waals surface area (Å²) < 4.78 is 23.7. The van der Waals surface area contributed by atoms with Crippen LogP contribution in [0.5, 0.6) is 0 Å². The Morgan fingerprint density at radius 1 is 1.12 bits per heavy atom. The van der Waals surface area contributed by atoms with E-state index in [0.717, 1.165) is 18.4 Å². The van der Waals surface area contributed by atoms with E-state index in [1.54, 1.807) is 48.2 Å². The van der Waals surface area contributed by atoms with Crippen molar-refractivity contribution in [2.75, 3.05) is 38.3 Å². The molecule has 0 radical (unpaired) electrons. The molecule has 34 heavy (non-hydrogen) atoms. The molecule has 0 N–H and O–H groups in total. The molecule has 0 bridgehead atoms. The highest BCUT2D eigenvalue weighted by Gasteiger charge is 2.29. The van der Waals surface area contributed by atoms with Gasteiger partial charge in [-0.25, -0.2) is 4.39 Å². The van der Waals surface area contributed by atoms with Crippen molar-refractivity contribution in [2.24, 2.45) is 5.92 Å². The van der Waals surface area contributed by atoms with Crippen LogP contribution in [0.3, 0.4) is 0 Å². The molecular weight excluding hydrogens is 439 g/mol. The molecule has 1 fully saturated rings. The summed E-state index contributed by atoms with van der Waals surface area (Å²) in [5, 5.41) is 0. The molecule has 1 aliphatic rings. The van der Waals surface area contributed by atoms with Gasteiger partial charge in [0.25, 0.3) is 5.91 Å². The number of piperidine rings is 1. The maximum absolute atomic E-state index is 13.6. The van der Waals surface area contributed by atoms with Gasteiger partial charge in [0.1, 0.15) is 12.4 Å². The molecule has 0 saturated carbocycles. The largest absolute Gasteiger partial charge is 0.466 e. The number of ether oxygens (including phenoxy) is 2. The Bertz CT molecular complexity index is 995. The lowest BCUT2D eigenvalue weighted by Crippen LogP contribution is -2.43. The number of methoxy groups -OCH3 is 1. The van der Waals surface area contributed by atoms with Crippen molar-refractivity contribution in [3.8, 4) is 0 Å². The number of hydrogen-bond acceptors (Lipinski definition) is 5. The molecule has 8 heteroatoms. The smallest absolute Gasteiger partial charge is 0.310 e. The molecular formula is C26H31FN2O5. The van der Waals surface area contributed by atoms with E-state index in [-0.39, 0.29) is 49.1 Å². The number of rotatable bonds is 9. The van der Waals surface area contributed by atoms with Crippen molar-refractivity contribution in [1.82, 2.24) is 4.90 Å². The molecule has 2 amide bonds. The maximum atomic E-state index is 13.6. The molecule has 182 valence electrons. The van der Waals surface area contributed by atoms with E-state index in [0.29, 0.717) is 30.9 Å². The zero-order valence-corrected chi connectivity index (χ0v) is 19.7. The lowest BCUT2D eigenvalue weighted by molar-refractivity contribution is -0.151. The van der Waals surface area contributed by atoms with Crippen LogP contribution in [0.2, 0.25) is 0 Å². The van der Waals surface area contributed by atoms with Crippen LogP contribution in [-0.4, -0.2) is 56.1 Å². The monoisotopic (exact) mass is 470 g/mol. The lowest BCUT2D eigenvalue weighted by atomic mass is 9.97. The minimum atomic E-state index is -0.367. The predicted octanol–water partition coefficient (Wildman–Crippen LogP) is 3.35. The second kappa shape index (κ2) is 12.3. The second-order valence-corrected chi connectivity index (χ2v) is 8.32. The molecule has 0 spiro atoms. The van der Waals surface area contributed by atoms with Gasteiger partial charge in [0.2, 0.25) is 5.91 Å². The topological polar surface area (TPSA) is 76.2 Å². The van der Waals surface area contributed by atoms with E-state index in [1.165, 1.54) is 24.1 Å². The Labute approximate surface area is 199 Å². The van der Waals surface area contributed by atoms with Gasteiger partial charge in [-0.2, -0.15) is 0 Å². The molecule has 1 unspecified atom stereocenters. The molecule has 2 aromatic carbocycles. The Hall–Kier alpha value is -3.26. The normalized spacial score (nSPS) is 15.6. The summed E-state index contributed by atoms with van der Waals surface area (Å²) in [6.07, 6.45) is 1.70. The fourth-order valence-corrected chi connectivity index (χ4v) is 4.08. The Morgan fingerprint density at radius 2 is 1.88 bits per heavy atom. The highest BCUT2D eigenvalue weighted by Crippen LogP contribution is 2.22. The average molecular weight is 471 g/mol. The van der Waals surface area contributed by atoms with E-state index in [1.807, 2.05) is 0 Å². The van der Waals surface area contributed by atoms with Crippen LogP contribution >= 0.6 is 0 Å². The van der Waals surface area contributed by atoms with Gasteiger partial charge in [-0.3, -0.25) is 14.4 Å².